The summed E-state index contributed by atoms with van der Waals surface area (Å²) in [6, 6.07) is 0.829. The van der Waals surface area contributed by atoms with Crippen molar-refractivity contribution in [2.24, 2.45) is 0 Å². The monoisotopic (exact) mass is 181 g/mol. The Balaban J connectivity index is 0.000000810. The van der Waals surface area contributed by atoms with Crippen molar-refractivity contribution in [3.8, 4) is 0 Å². The van der Waals surface area contributed by atoms with Crippen molar-refractivity contribution in [2.75, 3.05) is 18.1 Å². The molecule has 0 saturated carbocycles. The highest BCUT2D eigenvalue weighted by atomic mass is 35.5. The van der Waals surface area contributed by atoms with E-state index in [1.165, 1.54) is 30.9 Å². The Hall–Kier alpha value is 0.600. The molecule has 10 heavy (non-hydrogen) atoms. The van der Waals surface area contributed by atoms with Crippen LogP contribution in [0.25, 0.3) is 0 Å². The molecule has 62 valence electrons. The van der Waals surface area contributed by atoms with Crippen LogP contribution in [0, 0.1) is 0 Å². The summed E-state index contributed by atoms with van der Waals surface area (Å²) in [5.74, 6) is 2.58. The maximum Gasteiger partial charge on any atom is 0.0158 e. The number of halogens is 1. The molecule has 1 nitrogen and oxygen atoms in total. The second-order valence-corrected chi connectivity index (χ2v) is 3.77. The van der Waals surface area contributed by atoms with E-state index in [0.29, 0.717) is 0 Å². The normalized spacial score (nSPS) is 24.3. The lowest BCUT2D eigenvalue weighted by Gasteiger charge is -2.06. The van der Waals surface area contributed by atoms with E-state index in [1.807, 2.05) is 11.8 Å². The molecule has 0 spiro atoms. The molecule has 1 saturated heterocycles. The first kappa shape index (κ1) is 10.6. The van der Waals surface area contributed by atoms with Crippen LogP contribution in [0.3, 0.4) is 0 Å². The smallest absolute Gasteiger partial charge is 0.0158 e. The molecule has 1 aliphatic rings. The Morgan fingerprint density at radius 2 is 2.40 bits per heavy atom. The molecule has 0 aromatic carbocycles. The molecular weight excluding hydrogens is 166 g/mol. The molecule has 3 heteroatoms. The zero-order valence-electron chi connectivity index (χ0n) is 6.43. The fourth-order valence-electron chi connectivity index (χ4n) is 1.16. The standard InChI is InChI=1S/C7H15NS.ClH/c1-2-9-6-7-4-3-5-8-7;/h7-8H,2-6H2,1H3;1H. The van der Waals surface area contributed by atoms with Gasteiger partial charge < -0.3 is 5.32 Å². The van der Waals surface area contributed by atoms with Gasteiger partial charge in [-0.1, -0.05) is 6.92 Å². The van der Waals surface area contributed by atoms with Gasteiger partial charge in [0.05, 0.1) is 0 Å². The fraction of sp³-hybridized carbons (Fsp3) is 1.00. The number of rotatable bonds is 3. The molecule has 1 rings (SSSR count). The number of hydrogen-bond donors (Lipinski definition) is 1. The van der Waals surface area contributed by atoms with E-state index in [0.717, 1.165) is 6.04 Å². The van der Waals surface area contributed by atoms with Gasteiger partial charge in [-0.3, -0.25) is 0 Å². The van der Waals surface area contributed by atoms with Gasteiger partial charge in [0.1, 0.15) is 0 Å². The second-order valence-electron chi connectivity index (χ2n) is 2.45. The molecule has 1 aliphatic heterocycles. The topological polar surface area (TPSA) is 12.0 Å². The highest BCUT2D eigenvalue weighted by Gasteiger charge is 2.12. The summed E-state index contributed by atoms with van der Waals surface area (Å²) < 4.78 is 0. The summed E-state index contributed by atoms with van der Waals surface area (Å²) in [4.78, 5) is 0. The average molecular weight is 182 g/mol. The first-order valence-corrected chi connectivity index (χ1v) is 4.90. The van der Waals surface area contributed by atoms with Crippen molar-refractivity contribution >= 4 is 24.2 Å². The Morgan fingerprint density at radius 3 is 2.90 bits per heavy atom. The maximum atomic E-state index is 3.47. The lowest BCUT2D eigenvalue weighted by Crippen LogP contribution is -2.23. The van der Waals surface area contributed by atoms with Crippen molar-refractivity contribution in [2.45, 2.75) is 25.8 Å². The summed E-state index contributed by atoms with van der Waals surface area (Å²) in [5.41, 5.74) is 0. The molecule has 1 heterocycles. The molecule has 0 amide bonds. The Bertz CT molecular complexity index is 74.0. The molecule has 0 bridgehead atoms. The van der Waals surface area contributed by atoms with Gasteiger partial charge in [-0.05, 0) is 25.1 Å². The van der Waals surface area contributed by atoms with Crippen molar-refractivity contribution in [1.29, 1.82) is 0 Å². The molecule has 0 aromatic rings. The third-order valence-electron chi connectivity index (χ3n) is 1.69. The summed E-state index contributed by atoms with van der Waals surface area (Å²) in [5, 5.41) is 3.47. The maximum absolute atomic E-state index is 3.47. The zero-order chi connectivity index (χ0) is 6.53. The molecular formula is C7H16ClNS. The van der Waals surface area contributed by atoms with E-state index in [4.69, 9.17) is 0 Å². The van der Waals surface area contributed by atoms with Gasteiger partial charge in [0.2, 0.25) is 0 Å². The van der Waals surface area contributed by atoms with Crippen molar-refractivity contribution in [1.82, 2.24) is 5.32 Å². The van der Waals surface area contributed by atoms with Gasteiger partial charge >= 0.3 is 0 Å². The quantitative estimate of drug-likeness (QED) is 0.714. The Labute approximate surface area is 73.7 Å². The number of hydrogen-bond acceptors (Lipinski definition) is 2. The van der Waals surface area contributed by atoms with Gasteiger partial charge in [0, 0.05) is 11.8 Å². The summed E-state index contributed by atoms with van der Waals surface area (Å²) >= 11 is 2.04. The first-order valence-electron chi connectivity index (χ1n) is 3.74. The molecule has 0 aromatic heterocycles. The first-order chi connectivity index (χ1) is 4.43. The largest absolute Gasteiger partial charge is 0.313 e. The Kier molecular flexibility index (Phi) is 6.70. The van der Waals surface area contributed by atoms with Crippen LogP contribution in [0.2, 0.25) is 0 Å². The molecule has 0 radical (unpaired) electrons. The fourth-order valence-corrected chi connectivity index (χ4v) is 1.96. The SMILES string of the molecule is CCSCC1CCCN1.Cl. The minimum Gasteiger partial charge on any atom is -0.313 e. The summed E-state index contributed by atoms with van der Waals surface area (Å²) in [6.45, 7) is 3.47. The Morgan fingerprint density at radius 1 is 1.60 bits per heavy atom. The predicted molar refractivity (Wildman–Crippen MR) is 51.3 cm³/mol. The minimum absolute atomic E-state index is 0. The highest BCUT2D eigenvalue weighted by Crippen LogP contribution is 2.10. The molecule has 1 unspecified atom stereocenters. The highest BCUT2D eigenvalue weighted by molar-refractivity contribution is 7.99. The van der Waals surface area contributed by atoms with Crippen molar-refractivity contribution in [3.63, 3.8) is 0 Å². The van der Waals surface area contributed by atoms with E-state index in [9.17, 15) is 0 Å². The van der Waals surface area contributed by atoms with Crippen molar-refractivity contribution in [3.05, 3.63) is 0 Å². The van der Waals surface area contributed by atoms with E-state index in [1.54, 1.807) is 0 Å². The van der Waals surface area contributed by atoms with Gasteiger partial charge in [-0.25, -0.2) is 0 Å². The third-order valence-corrected chi connectivity index (χ3v) is 2.73. The van der Waals surface area contributed by atoms with Crippen LogP contribution in [0.1, 0.15) is 19.8 Å². The van der Waals surface area contributed by atoms with E-state index < -0.39 is 0 Å². The van der Waals surface area contributed by atoms with Crippen LogP contribution in [0.5, 0.6) is 0 Å². The third kappa shape index (κ3) is 3.69. The molecule has 1 atom stereocenters. The van der Waals surface area contributed by atoms with Crippen LogP contribution < -0.4 is 5.32 Å². The number of nitrogens with one attached hydrogen (secondary N) is 1. The van der Waals surface area contributed by atoms with Gasteiger partial charge in [0.15, 0.2) is 0 Å². The second kappa shape index (κ2) is 6.32. The van der Waals surface area contributed by atoms with Crippen molar-refractivity contribution < 1.29 is 0 Å². The zero-order valence-corrected chi connectivity index (χ0v) is 8.06. The van der Waals surface area contributed by atoms with Crippen LogP contribution in [0.15, 0.2) is 0 Å². The van der Waals surface area contributed by atoms with E-state index >= 15 is 0 Å². The van der Waals surface area contributed by atoms with E-state index in [2.05, 4.69) is 12.2 Å². The number of thioether (sulfide) groups is 1. The van der Waals surface area contributed by atoms with E-state index in [-0.39, 0.29) is 12.4 Å². The lowest BCUT2D eigenvalue weighted by molar-refractivity contribution is 0.674. The van der Waals surface area contributed by atoms with Crippen LogP contribution in [-0.4, -0.2) is 24.1 Å². The van der Waals surface area contributed by atoms with Gasteiger partial charge in [-0.15, -0.1) is 12.4 Å². The predicted octanol–water partition coefficient (Wildman–Crippen LogP) is 1.91. The summed E-state index contributed by atoms with van der Waals surface area (Å²) in [6.07, 6.45) is 2.78. The molecule has 1 fully saturated rings. The van der Waals surface area contributed by atoms with Gasteiger partial charge in [-0.2, -0.15) is 11.8 Å². The van der Waals surface area contributed by atoms with Crippen LogP contribution in [-0.2, 0) is 0 Å². The van der Waals surface area contributed by atoms with Crippen LogP contribution >= 0.6 is 24.2 Å². The summed E-state index contributed by atoms with van der Waals surface area (Å²) in [7, 11) is 0. The lowest BCUT2D eigenvalue weighted by atomic mass is 10.3. The molecule has 1 N–H and O–H groups in total. The minimum atomic E-state index is 0. The molecule has 0 aliphatic carbocycles. The average Bonchev–Trinajstić information content (AvgIpc) is 2.34. The van der Waals surface area contributed by atoms with Crippen LogP contribution in [0.4, 0.5) is 0 Å². The van der Waals surface area contributed by atoms with Gasteiger partial charge in [0.25, 0.3) is 0 Å².